The van der Waals surface area contributed by atoms with Gasteiger partial charge in [0, 0.05) is 30.9 Å². The van der Waals surface area contributed by atoms with Crippen molar-refractivity contribution in [2.24, 2.45) is 5.92 Å². The lowest BCUT2D eigenvalue weighted by molar-refractivity contribution is -0.110. The average Bonchev–Trinajstić information content (AvgIpc) is 2.69. The van der Waals surface area contributed by atoms with Crippen LogP contribution in [-0.4, -0.2) is 38.5 Å². The molecule has 25 heavy (non-hydrogen) atoms. The summed E-state index contributed by atoms with van der Waals surface area (Å²) in [5.41, 5.74) is 0.107. The number of rotatable bonds is 2. The Morgan fingerprint density at radius 3 is 2.56 bits per heavy atom. The van der Waals surface area contributed by atoms with Crippen molar-refractivity contribution in [1.82, 2.24) is 14.9 Å². The van der Waals surface area contributed by atoms with Gasteiger partial charge in [-0.05, 0) is 30.9 Å². The third-order valence-corrected chi connectivity index (χ3v) is 5.77. The van der Waals surface area contributed by atoms with Crippen LogP contribution in [0.25, 0.3) is 0 Å². The van der Waals surface area contributed by atoms with Crippen LogP contribution in [0.15, 0.2) is 48.8 Å². The van der Waals surface area contributed by atoms with E-state index in [0.717, 1.165) is 31.2 Å². The first-order valence-corrected chi connectivity index (χ1v) is 9.06. The third-order valence-electron chi connectivity index (χ3n) is 5.77. The minimum atomic E-state index is -0.860. The molecule has 2 aromatic rings. The molecule has 1 aliphatic carbocycles. The lowest BCUT2D eigenvalue weighted by Crippen LogP contribution is -2.59. The zero-order valence-electron chi connectivity index (χ0n) is 14.2. The summed E-state index contributed by atoms with van der Waals surface area (Å²) in [6, 6.07) is 11.7. The lowest BCUT2D eigenvalue weighted by Gasteiger charge is -2.52. The lowest BCUT2D eigenvalue weighted by atomic mass is 9.66. The van der Waals surface area contributed by atoms with Gasteiger partial charge in [0.1, 0.15) is 0 Å². The molecule has 1 amide bonds. The Hall–Kier alpha value is -2.27. The van der Waals surface area contributed by atoms with Gasteiger partial charge in [0.25, 0.3) is 5.91 Å². The molecule has 0 spiro atoms. The molecule has 2 aliphatic rings. The molecular formula is C20H23N3O2. The maximum Gasteiger partial charge on any atom is 0.291 e. The van der Waals surface area contributed by atoms with E-state index in [0.29, 0.717) is 13.0 Å². The molecule has 1 N–H and O–H groups in total. The maximum atomic E-state index is 12.9. The summed E-state index contributed by atoms with van der Waals surface area (Å²) in [6.45, 7) is 0.531. The average molecular weight is 337 g/mol. The summed E-state index contributed by atoms with van der Waals surface area (Å²) in [5, 5.41) is 11.5. The largest absolute Gasteiger partial charge is 0.385 e. The zero-order valence-corrected chi connectivity index (χ0v) is 14.2. The topological polar surface area (TPSA) is 66.3 Å². The number of nitrogens with zero attached hydrogens (tertiary/aromatic N) is 3. The molecule has 4 rings (SSSR count). The van der Waals surface area contributed by atoms with E-state index in [1.807, 2.05) is 35.2 Å². The minimum Gasteiger partial charge on any atom is -0.385 e. The molecule has 2 fully saturated rings. The number of amides is 1. The normalized spacial score (nSPS) is 29.1. The number of benzene rings is 1. The Kier molecular flexibility index (Phi) is 4.25. The zero-order chi connectivity index (χ0) is 17.3. The molecule has 130 valence electrons. The summed E-state index contributed by atoms with van der Waals surface area (Å²) in [7, 11) is 0. The number of hydrogen-bond acceptors (Lipinski definition) is 4. The number of hydrogen-bond donors (Lipinski definition) is 1. The molecule has 5 heteroatoms. The summed E-state index contributed by atoms with van der Waals surface area (Å²) in [5.74, 6) is 0.189. The van der Waals surface area contributed by atoms with Gasteiger partial charge in [0.2, 0.25) is 5.82 Å². The fourth-order valence-electron chi connectivity index (χ4n) is 4.56. The van der Waals surface area contributed by atoms with Gasteiger partial charge in [-0.2, -0.15) is 0 Å². The highest BCUT2D eigenvalue weighted by molar-refractivity contribution is 5.90. The number of aliphatic hydroxyl groups is 1. The molecule has 1 saturated heterocycles. The second-order valence-corrected chi connectivity index (χ2v) is 7.07. The van der Waals surface area contributed by atoms with E-state index in [9.17, 15) is 9.90 Å². The van der Waals surface area contributed by atoms with E-state index in [1.165, 1.54) is 0 Å². The van der Waals surface area contributed by atoms with Crippen LogP contribution in [0.5, 0.6) is 0 Å². The van der Waals surface area contributed by atoms with Crippen molar-refractivity contribution in [3.05, 3.63) is 60.2 Å². The standard InChI is InChI=1S/C20H23N3O2/c24-19(18-21-12-6-13-22-18)23-14-11-20(25,15-7-2-1-3-8-15)16-9-4-5-10-17(16)23/h1-3,6-8,12-13,16-17,25H,4-5,9-11,14H2/t16-,17-,20?/m1/s1. The van der Waals surface area contributed by atoms with Crippen molar-refractivity contribution in [1.29, 1.82) is 0 Å². The highest BCUT2D eigenvalue weighted by Gasteiger charge is 2.50. The monoisotopic (exact) mass is 337 g/mol. The van der Waals surface area contributed by atoms with Crippen molar-refractivity contribution in [2.45, 2.75) is 43.7 Å². The molecule has 0 bridgehead atoms. The van der Waals surface area contributed by atoms with Gasteiger partial charge in [0.15, 0.2) is 0 Å². The summed E-state index contributed by atoms with van der Waals surface area (Å²) >= 11 is 0. The van der Waals surface area contributed by atoms with Gasteiger partial charge >= 0.3 is 0 Å². The van der Waals surface area contributed by atoms with Crippen molar-refractivity contribution < 1.29 is 9.90 Å². The smallest absolute Gasteiger partial charge is 0.291 e. The first-order valence-electron chi connectivity index (χ1n) is 9.06. The van der Waals surface area contributed by atoms with Crippen LogP contribution >= 0.6 is 0 Å². The Labute approximate surface area is 147 Å². The van der Waals surface area contributed by atoms with Crippen LogP contribution in [0.3, 0.4) is 0 Å². The SMILES string of the molecule is O=C(c1ncccn1)N1CCC(O)(c2ccccc2)[C@@H]2CCCC[C@H]21. The van der Waals surface area contributed by atoms with Crippen LogP contribution in [0.2, 0.25) is 0 Å². The fraction of sp³-hybridized carbons (Fsp3) is 0.450. The quantitative estimate of drug-likeness (QED) is 0.915. The van der Waals surface area contributed by atoms with E-state index in [4.69, 9.17) is 0 Å². The van der Waals surface area contributed by atoms with Gasteiger partial charge in [-0.15, -0.1) is 0 Å². The number of aromatic nitrogens is 2. The number of carbonyl (C=O) groups excluding carboxylic acids is 1. The second-order valence-electron chi connectivity index (χ2n) is 7.07. The first-order chi connectivity index (χ1) is 12.2. The Bertz CT molecular complexity index is 737. The molecule has 1 unspecified atom stereocenters. The molecule has 1 aromatic carbocycles. The highest BCUT2D eigenvalue weighted by atomic mass is 16.3. The van der Waals surface area contributed by atoms with Crippen LogP contribution < -0.4 is 0 Å². The molecule has 2 heterocycles. The van der Waals surface area contributed by atoms with Crippen molar-refractivity contribution in [3.8, 4) is 0 Å². The van der Waals surface area contributed by atoms with E-state index in [-0.39, 0.29) is 23.7 Å². The molecule has 1 saturated carbocycles. The van der Waals surface area contributed by atoms with Crippen LogP contribution in [0.1, 0.15) is 48.3 Å². The molecule has 0 radical (unpaired) electrons. The van der Waals surface area contributed by atoms with Gasteiger partial charge in [-0.3, -0.25) is 4.79 Å². The van der Waals surface area contributed by atoms with E-state index < -0.39 is 5.60 Å². The summed E-state index contributed by atoms with van der Waals surface area (Å²) < 4.78 is 0. The van der Waals surface area contributed by atoms with E-state index in [1.54, 1.807) is 18.5 Å². The second kappa shape index (κ2) is 6.56. The number of likely N-dealkylation sites (tertiary alicyclic amines) is 1. The summed E-state index contributed by atoms with van der Waals surface area (Å²) in [4.78, 5) is 23.1. The Morgan fingerprint density at radius 2 is 1.80 bits per heavy atom. The Morgan fingerprint density at radius 1 is 1.08 bits per heavy atom. The number of fused-ring (bicyclic) bond motifs is 1. The van der Waals surface area contributed by atoms with Crippen molar-refractivity contribution in [2.75, 3.05) is 6.54 Å². The van der Waals surface area contributed by atoms with Gasteiger partial charge in [-0.25, -0.2) is 9.97 Å². The number of piperidine rings is 1. The van der Waals surface area contributed by atoms with Crippen LogP contribution in [-0.2, 0) is 5.60 Å². The first kappa shape index (κ1) is 16.2. The predicted octanol–water partition coefficient (Wildman–Crippen LogP) is 2.77. The van der Waals surface area contributed by atoms with Gasteiger partial charge in [-0.1, -0.05) is 43.2 Å². The van der Waals surface area contributed by atoms with E-state index in [2.05, 4.69) is 9.97 Å². The van der Waals surface area contributed by atoms with Crippen LogP contribution in [0.4, 0.5) is 0 Å². The fourth-order valence-corrected chi connectivity index (χ4v) is 4.56. The van der Waals surface area contributed by atoms with Crippen LogP contribution in [0, 0.1) is 5.92 Å². The molecule has 1 aliphatic heterocycles. The van der Waals surface area contributed by atoms with Crippen molar-refractivity contribution >= 4 is 5.91 Å². The van der Waals surface area contributed by atoms with Gasteiger partial charge in [0.05, 0.1) is 5.60 Å². The molecule has 3 atom stereocenters. The van der Waals surface area contributed by atoms with E-state index >= 15 is 0 Å². The molecule has 1 aromatic heterocycles. The maximum absolute atomic E-state index is 12.9. The minimum absolute atomic E-state index is 0.0454. The summed E-state index contributed by atoms with van der Waals surface area (Å²) in [6.07, 6.45) is 7.81. The van der Waals surface area contributed by atoms with Crippen molar-refractivity contribution in [3.63, 3.8) is 0 Å². The third kappa shape index (κ3) is 2.82. The predicted molar refractivity (Wildman–Crippen MR) is 93.8 cm³/mol. The molecular weight excluding hydrogens is 314 g/mol. The van der Waals surface area contributed by atoms with Gasteiger partial charge < -0.3 is 10.0 Å². The molecule has 5 nitrogen and oxygen atoms in total. The number of carbonyl (C=O) groups is 1. The Balaban J connectivity index is 1.66. The highest BCUT2D eigenvalue weighted by Crippen LogP contribution is 2.47.